The normalized spacial score (nSPS) is 25.4. The van der Waals surface area contributed by atoms with Gasteiger partial charge >= 0.3 is 0 Å². The summed E-state index contributed by atoms with van der Waals surface area (Å²) in [6.45, 7) is 4.48. The molecule has 1 aromatic rings. The van der Waals surface area contributed by atoms with Gasteiger partial charge in [-0.1, -0.05) is 13.8 Å². The maximum Gasteiger partial charge on any atom is 0.274 e. The third kappa shape index (κ3) is 2.76. The monoisotopic (exact) mass is 302 g/mol. The maximum absolute atomic E-state index is 12.3. The highest BCUT2D eigenvalue weighted by molar-refractivity contribution is 7.89. The molecule has 1 heterocycles. The van der Waals surface area contributed by atoms with Crippen molar-refractivity contribution in [2.75, 3.05) is 14.2 Å². The van der Waals surface area contributed by atoms with E-state index in [4.69, 9.17) is 9.15 Å². The molecule has 0 amide bonds. The average Bonchev–Trinajstić information content (AvgIpc) is 2.84. The minimum atomic E-state index is -3.62. The quantitative estimate of drug-likeness (QED) is 0.822. The number of rotatable bonds is 6. The number of nitrogens with one attached hydrogen (secondary N) is 2. The van der Waals surface area contributed by atoms with Gasteiger partial charge in [0, 0.05) is 18.6 Å². The lowest BCUT2D eigenvalue weighted by atomic mass is 9.65. The predicted molar refractivity (Wildman–Crippen MR) is 74.8 cm³/mol. The molecule has 1 fully saturated rings. The van der Waals surface area contributed by atoms with Gasteiger partial charge in [0.05, 0.1) is 12.6 Å². The fourth-order valence-corrected chi connectivity index (χ4v) is 3.86. The van der Waals surface area contributed by atoms with Crippen molar-refractivity contribution < 1.29 is 17.6 Å². The first-order valence-corrected chi connectivity index (χ1v) is 8.08. The van der Waals surface area contributed by atoms with Crippen LogP contribution in [0.4, 0.5) is 0 Å². The van der Waals surface area contributed by atoms with Gasteiger partial charge in [0.15, 0.2) is 0 Å². The third-order valence-electron chi connectivity index (χ3n) is 4.01. The highest BCUT2D eigenvalue weighted by Crippen LogP contribution is 2.43. The van der Waals surface area contributed by atoms with E-state index in [2.05, 4.69) is 10.0 Å². The van der Waals surface area contributed by atoms with Crippen LogP contribution < -0.4 is 10.0 Å². The number of ether oxygens (including phenoxy) is 1. The van der Waals surface area contributed by atoms with Crippen LogP contribution in [-0.2, 0) is 21.3 Å². The number of methoxy groups -OCH3 is 1. The Kier molecular flexibility index (Phi) is 4.24. The summed E-state index contributed by atoms with van der Waals surface area (Å²) in [4.78, 5) is 0. The van der Waals surface area contributed by atoms with Crippen molar-refractivity contribution in [3.63, 3.8) is 0 Å². The van der Waals surface area contributed by atoms with Crippen LogP contribution in [0.25, 0.3) is 0 Å². The fourth-order valence-electron chi connectivity index (χ4n) is 2.50. The topological polar surface area (TPSA) is 80.6 Å². The van der Waals surface area contributed by atoms with Gasteiger partial charge in [0.1, 0.15) is 5.76 Å². The Bertz CT molecular complexity index is 565. The second-order valence-corrected chi connectivity index (χ2v) is 7.35. The van der Waals surface area contributed by atoms with Crippen LogP contribution in [0.2, 0.25) is 0 Å². The standard InChI is InChI=1S/C13H22N2O4S/c1-13(2)10(7-11(13)18-4)15-20(16,17)12-6-5-9(19-12)8-14-3/h5-6,10-11,14-15H,7-8H2,1-4H3. The molecule has 0 bridgehead atoms. The van der Waals surface area contributed by atoms with Crippen LogP contribution in [0.15, 0.2) is 21.6 Å². The summed E-state index contributed by atoms with van der Waals surface area (Å²) in [5.74, 6) is 0.593. The third-order valence-corrected chi connectivity index (χ3v) is 5.36. The molecule has 20 heavy (non-hydrogen) atoms. The Labute approximate surface area is 119 Å². The highest BCUT2D eigenvalue weighted by atomic mass is 32.2. The summed E-state index contributed by atoms with van der Waals surface area (Å²) in [7, 11) is -0.200. The minimum Gasteiger partial charge on any atom is -0.447 e. The van der Waals surface area contributed by atoms with E-state index in [1.165, 1.54) is 6.07 Å². The second kappa shape index (κ2) is 5.48. The van der Waals surface area contributed by atoms with Crippen molar-refractivity contribution >= 4 is 10.0 Å². The zero-order valence-electron chi connectivity index (χ0n) is 12.3. The molecule has 0 aromatic carbocycles. The average molecular weight is 302 g/mol. The van der Waals surface area contributed by atoms with Crippen molar-refractivity contribution in [1.82, 2.24) is 10.0 Å². The number of sulfonamides is 1. The van der Waals surface area contributed by atoms with Crippen LogP contribution >= 0.6 is 0 Å². The molecule has 2 atom stereocenters. The molecule has 2 unspecified atom stereocenters. The van der Waals surface area contributed by atoms with E-state index in [0.717, 1.165) is 0 Å². The first-order valence-electron chi connectivity index (χ1n) is 6.59. The highest BCUT2D eigenvalue weighted by Gasteiger charge is 2.50. The van der Waals surface area contributed by atoms with Gasteiger partial charge < -0.3 is 14.5 Å². The molecular formula is C13H22N2O4S. The molecule has 0 saturated heterocycles. The zero-order chi connectivity index (χ0) is 15.0. The van der Waals surface area contributed by atoms with Gasteiger partial charge in [-0.25, -0.2) is 13.1 Å². The number of hydrogen-bond acceptors (Lipinski definition) is 5. The molecule has 1 aliphatic carbocycles. The van der Waals surface area contributed by atoms with E-state index >= 15 is 0 Å². The second-order valence-electron chi connectivity index (χ2n) is 5.71. The molecule has 0 radical (unpaired) electrons. The van der Waals surface area contributed by atoms with E-state index in [1.807, 2.05) is 13.8 Å². The maximum atomic E-state index is 12.3. The van der Waals surface area contributed by atoms with Crippen LogP contribution in [0.5, 0.6) is 0 Å². The summed E-state index contributed by atoms with van der Waals surface area (Å²) < 4.78 is 37.9. The Hall–Kier alpha value is -0.890. The van der Waals surface area contributed by atoms with Crippen molar-refractivity contribution in [3.05, 3.63) is 17.9 Å². The van der Waals surface area contributed by atoms with Crippen molar-refractivity contribution in [1.29, 1.82) is 0 Å². The summed E-state index contributed by atoms with van der Waals surface area (Å²) in [6.07, 6.45) is 0.749. The molecule has 7 heteroatoms. The Morgan fingerprint density at radius 3 is 2.70 bits per heavy atom. The number of furan rings is 1. The van der Waals surface area contributed by atoms with Crippen LogP contribution in [0.1, 0.15) is 26.0 Å². The van der Waals surface area contributed by atoms with Gasteiger partial charge in [-0.3, -0.25) is 0 Å². The summed E-state index contributed by atoms with van der Waals surface area (Å²) in [5.41, 5.74) is -0.220. The van der Waals surface area contributed by atoms with E-state index < -0.39 is 10.0 Å². The Morgan fingerprint density at radius 2 is 2.15 bits per heavy atom. The molecule has 2 N–H and O–H groups in total. The van der Waals surface area contributed by atoms with Gasteiger partial charge in [0.25, 0.3) is 10.0 Å². The number of hydrogen-bond donors (Lipinski definition) is 2. The van der Waals surface area contributed by atoms with Gasteiger partial charge in [-0.05, 0) is 25.6 Å². The van der Waals surface area contributed by atoms with Gasteiger partial charge in [0.2, 0.25) is 5.09 Å². The lowest BCUT2D eigenvalue weighted by molar-refractivity contribution is -0.0909. The lowest BCUT2D eigenvalue weighted by Crippen LogP contribution is -2.61. The first kappa shape index (κ1) is 15.5. The Balaban J connectivity index is 2.08. The largest absolute Gasteiger partial charge is 0.447 e. The van der Waals surface area contributed by atoms with Crippen LogP contribution in [0, 0.1) is 5.41 Å². The van der Waals surface area contributed by atoms with E-state index in [0.29, 0.717) is 18.7 Å². The van der Waals surface area contributed by atoms with Crippen molar-refractivity contribution in [2.45, 2.75) is 44.1 Å². The molecule has 0 spiro atoms. The van der Waals surface area contributed by atoms with Crippen LogP contribution in [0.3, 0.4) is 0 Å². The summed E-state index contributed by atoms with van der Waals surface area (Å²) >= 11 is 0. The molecule has 6 nitrogen and oxygen atoms in total. The minimum absolute atomic E-state index is 0.0422. The first-order chi connectivity index (χ1) is 9.31. The van der Waals surface area contributed by atoms with E-state index in [1.54, 1.807) is 20.2 Å². The van der Waals surface area contributed by atoms with Gasteiger partial charge in [-0.2, -0.15) is 0 Å². The summed E-state index contributed by atoms with van der Waals surface area (Å²) in [5, 5.41) is 2.87. The zero-order valence-corrected chi connectivity index (χ0v) is 13.1. The van der Waals surface area contributed by atoms with E-state index in [-0.39, 0.29) is 22.7 Å². The molecule has 114 valence electrons. The SMILES string of the molecule is CNCc1ccc(S(=O)(=O)NC2CC(OC)C2(C)C)o1. The van der Waals surface area contributed by atoms with E-state index in [9.17, 15) is 8.42 Å². The molecule has 2 rings (SSSR count). The smallest absolute Gasteiger partial charge is 0.274 e. The van der Waals surface area contributed by atoms with Gasteiger partial charge in [-0.15, -0.1) is 0 Å². The summed E-state index contributed by atoms with van der Waals surface area (Å²) in [6, 6.07) is 3.00. The van der Waals surface area contributed by atoms with Crippen molar-refractivity contribution in [2.24, 2.45) is 5.41 Å². The Morgan fingerprint density at radius 1 is 1.45 bits per heavy atom. The molecule has 1 saturated carbocycles. The molecular weight excluding hydrogens is 280 g/mol. The molecule has 0 aliphatic heterocycles. The lowest BCUT2D eigenvalue weighted by Gasteiger charge is -2.50. The van der Waals surface area contributed by atoms with Crippen molar-refractivity contribution in [3.8, 4) is 0 Å². The fraction of sp³-hybridized carbons (Fsp3) is 0.692. The predicted octanol–water partition coefficient (Wildman–Crippen LogP) is 1.09. The molecule has 1 aromatic heterocycles. The van der Waals surface area contributed by atoms with Crippen LogP contribution in [-0.4, -0.2) is 34.7 Å². The molecule has 1 aliphatic rings.